The van der Waals surface area contributed by atoms with Crippen LogP contribution in [0, 0.1) is 5.92 Å². The summed E-state index contributed by atoms with van der Waals surface area (Å²) in [5.74, 6) is -0.963. The number of rotatable bonds is 16. The molecule has 2 aliphatic rings. The summed E-state index contributed by atoms with van der Waals surface area (Å²) in [5.41, 5.74) is 7.93. The van der Waals surface area contributed by atoms with Gasteiger partial charge in [0.1, 0.15) is 5.00 Å². The van der Waals surface area contributed by atoms with Gasteiger partial charge in [0.05, 0.1) is 5.92 Å². The molecule has 0 spiro atoms. The molecule has 1 amide bonds. The standard InChI is InChI=1S/C44H51N3O4S2/c1-4-27-47(37-25-21-34(22-26-37)44(50)51)53-38-12-8-11-35(28-38)42(49)46-43-41(39-13-5-6-14-40(39)52-43)29(2)45-36-23-17-32(18-24-36)10-7-9-31-15-19-33(20-16-31)30(3)48/h8,11-12,15-20,23-24,28,34,37,45H,2,4-7,9-10,13-14,21-22,25-27H2,1,3H3,(H,46,49)(H,50,51). The highest BCUT2D eigenvalue weighted by molar-refractivity contribution is 7.97. The third kappa shape index (κ3) is 10.1. The molecule has 3 aromatic carbocycles. The molecule has 6 rings (SSSR count). The number of anilines is 2. The molecule has 9 heteroatoms. The zero-order valence-corrected chi connectivity index (χ0v) is 32.6. The molecule has 1 aromatic heterocycles. The maximum atomic E-state index is 13.8. The molecular weight excluding hydrogens is 699 g/mol. The fraction of sp³-hybridized carbons (Fsp3) is 0.386. The lowest BCUT2D eigenvalue weighted by Crippen LogP contribution is -2.35. The first-order chi connectivity index (χ1) is 25.7. The van der Waals surface area contributed by atoms with Crippen molar-refractivity contribution in [3.05, 3.63) is 118 Å². The number of carbonyl (C=O) groups excluding carboxylic acids is 2. The van der Waals surface area contributed by atoms with Crippen molar-refractivity contribution in [2.75, 3.05) is 17.2 Å². The Labute approximate surface area is 322 Å². The van der Waals surface area contributed by atoms with Crippen LogP contribution in [0.4, 0.5) is 10.7 Å². The Balaban J connectivity index is 1.09. The molecule has 1 heterocycles. The van der Waals surface area contributed by atoms with Crippen LogP contribution in [0.2, 0.25) is 0 Å². The summed E-state index contributed by atoms with van der Waals surface area (Å²) >= 11 is 3.35. The fourth-order valence-corrected chi connectivity index (χ4v) is 10.0. The second kappa shape index (κ2) is 18.2. The van der Waals surface area contributed by atoms with Gasteiger partial charge < -0.3 is 15.7 Å². The van der Waals surface area contributed by atoms with Crippen molar-refractivity contribution in [1.29, 1.82) is 0 Å². The summed E-state index contributed by atoms with van der Waals surface area (Å²) in [4.78, 5) is 39.2. The second-order valence-electron chi connectivity index (χ2n) is 14.4. The van der Waals surface area contributed by atoms with Gasteiger partial charge >= 0.3 is 5.97 Å². The van der Waals surface area contributed by atoms with Crippen molar-refractivity contribution in [1.82, 2.24) is 4.31 Å². The number of benzene rings is 3. The van der Waals surface area contributed by atoms with E-state index in [1.165, 1.54) is 21.6 Å². The molecule has 278 valence electrons. The van der Waals surface area contributed by atoms with Gasteiger partial charge in [-0.15, -0.1) is 11.3 Å². The maximum absolute atomic E-state index is 13.8. The van der Waals surface area contributed by atoms with Crippen LogP contribution in [-0.2, 0) is 30.5 Å². The predicted molar refractivity (Wildman–Crippen MR) is 219 cm³/mol. The van der Waals surface area contributed by atoms with Gasteiger partial charge in [-0.2, -0.15) is 0 Å². The molecular formula is C44H51N3O4S2. The minimum absolute atomic E-state index is 0.0922. The number of hydrogen-bond acceptors (Lipinski definition) is 7. The van der Waals surface area contributed by atoms with Gasteiger partial charge in [0.15, 0.2) is 5.78 Å². The maximum Gasteiger partial charge on any atom is 0.306 e. The summed E-state index contributed by atoms with van der Waals surface area (Å²) in [6.45, 7) is 9.14. The van der Waals surface area contributed by atoms with E-state index in [1.54, 1.807) is 30.2 Å². The lowest BCUT2D eigenvalue weighted by atomic mass is 9.86. The normalized spacial score (nSPS) is 16.9. The Bertz CT molecular complexity index is 1910. The van der Waals surface area contributed by atoms with E-state index in [2.05, 4.69) is 58.8 Å². The molecule has 1 saturated carbocycles. The van der Waals surface area contributed by atoms with E-state index in [9.17, 15) is 19.5 Å². The number of hydrogen-bond donors (Lipinski definition) is 3. The summed E-state index contributed by atoms with van der Waals surface area (Å²) in [7, 11) is 0. The van der Waals surface area contributed by atoms with Gasteiger partial charge in [0.2, 0.25) is 0 Å². The molecule has 4 aromatic rings. The molecule has 7 nitrogen and oxygen atoms in total. The van der Waals surface area contributed by atoms with Crippen molar-refractivity contribution >= 4 is 57.3 Å². The highest BCUT2D eigenvalue weighted by atomic mass is 32.2. The number of carbonyl (C=O) groups is 3. The smallest absolute Gasteiger partial charge is 0.306 e. The van der Waals surface area contributed by atoms with E-state index >= 15 is 0 Å². The third-order valence-electron chi connectivity index (χ3n) is 10.5. The van der Waals surface area contributed by atoms with Gasteiger partial charge in [-0.3, -0.25) is 14.4 Å². The monoisotopic (exact) mass is 749 g/mol. The Morgan fingerprint density at radius 3 is 2.23 bits per heavy atom. The average molecular weight is 750 g/mol. The van der Waals surface area contributed by atoms with Crippen molar-refractivity contribution in [2.24, 2.45) is 5.92 Å². The number of amides is 1. The van der Waals surface area contributed by atoms with Crippen LogP contribution < -0.4 is 10.6 Å². The number of aryl methyl sites for hydroxylation is 3. The average Bonchev–Trinajstić information content (AvgIpc) is 3.53. The molecule has 0 unspecified atom stereocenters. The number of ketones is 1. The minimum Gasteiger partial charge on any atom is -0.481 e. The van der Waals surface area contributed by atoms with Crippen LogP contribution >= 0.6 is 23.3 Å². The number of carboxylic acids is 1. The van der Waals surface area contributed by atoms with Crippen molar-refractivity contribution in [3.8, 4) is 0 Å². The molecule has 3 N–H and O–H groups in total. The van der Waals surface area contributed by atoms with Gasteiger partial charge in [0.25, 0.3) is 5.91 Å². The largest absolute Gasteiger partial charge is 0.481 e. The van der Waals surface area contributed by atoms with Crippen LogP contribution in [0.15, 0.2) is 84.3 Å². The summed E-state index contributed by atoms with van der Waals surface area (Å²) in [6, 6.07) is 24.6. The fourth-order valence-electron chi connectivity index (χ4n) is 7.51. The van der Waals surface area contributed by atoms with Crippen LogP contribution in [0.5, 0.6) is 0 Å². The van der Waals surface area contributed by atoms with Crippen molar-refractivity contribution < 1.29 is 19.5 Å². The molecule has 1 fully saturated rings. The van der Waals surface area contributed by atoms with E-state index in [4.69, 9.17) is 0 Å². The lowest BCUT2D eigenvalue weighted by Gasteiger charge is -2.35. The summed E-state index contributed by atoms with van der Waals surface area (Å²) in [6.07, 6.45) is 11.4. The van der Waals surface area contributed by atoms with Crippen LogP contribution in [0.3, 0.4) is 0 Å². The summed E-state index contributed by atoms with van der Waals surface area (Å²) in [5, 5.41) is 17.1. The molecule has 0 radical (unpaired) electrons. The first kappa shape index (κ1) is 38.5. The molecule has 0 bridgehead atoms. The number of carboxylic acid groups (broad SMARTS) is 1. The highest BCUT2D eigenvalue weighted by Crippen LogP contribution is 2.42. The van der Waals surface area contributed by atoms with Gasteiger partial charge in [-0.25, -0.2) is 4.31 Å². The quantitative estimate of drug-likeness (QED) is 0.0775. The Kier molecular flexibility index (Phi) is 13.3. The Hall–Kier alpha value is -4.18. The number of thiophene rings is 1. The minimum atomic E-state index is -0.682. The third-order valence-corrected chi connectivity index (χ3v) is 12.8. The second-order valence-corrected chi connectivity index (χ2v) is 16.6. The predicted octanol–water partition coefficient (Wildman–Crippen LogP) is 10.7. The van der Waals surface area contributed by atoms with Gasteiger partial charge in [-0.05, 0) is 143 Å². The molecule has 53 heavy (non-hydrogen) atoms. The number of aliphatic carboxylic acids is 1. The Morgan fingerprint density at radius 2 is 1.57 bits per heavy atom. The van der Waals surface area contributed by atoms with Crippen LogP contribution in [0.1, 0.15) is 113 Å². The summed E-state index contributed by atoms with van der Waals surface area (Å²) < 4.78 is 2.39. The molecule has 0 saturated heterocycles. The Morgan fingerprint density at radius 1 is 0.887 bits per heavy atom. The molecule has 2 aliphatic carbocycles. The van der Waals surface area contributed by atoms with Gasteiger partial charge in [-0.1, -0.05) is 56.0 Å². The van der Waals surface area contributed by atoms with E-state index in [-0.39, 0.29) is 17.6 Å². The lowest BCUT2D eigenvalue weighted by molar-refractivity contribution is -0.143. The number of nitrogens with one attached hydrogen (secondary N) is 2. The topological polar surface area (TPSA) is 98.7 Å². The van der Waals surface area contributed by atoms with Gasteiger partial charge in [0, 0.05) is 50.4 Å². The zero-order valence-electron chi connectivity index (χ0n) is 30.9. The zero-order chi connectivity index (χ0) is 37.3. The highest BCUT2D eigenvalue weighted by Gasteiger charge is 2.30. The number of fused-ring (bicyclic) bond motifs is 1. The number of nitrogens with zero attached hydrogens (tertiary/aromatic N) is 1. The van der Waals surface area contributed by atoms with Crippen LogP contribution in [-0.4, -0.2) is 39.7 Å². The van der Waals surface area contributed by atoms with E-state index in [0.29, 0.717) is 24.4 Å². The molecule has 0 atom stereocenters. The van der Waals surface area contributed by atoms with E-state index in [1.807, 2.05) is 42.5 Å². The molecule has 0 aliphatic heterocycles. The van der Waals surface area contributed by atoms with Crippen LogP contribution in [0.25, 0.3) is 5.70 Å². The first-order valence-electron chi connectivity index (χ1n) is 19.1. The first-order valence-corrected chi connectivity index (χ1v) is 20.7. The van der Waals surface area contributed by atoms with E-state index < -0.39 is 5.97 Å². The SMILES string of the molecule is C=C(Nc1ccc(CCCc2ccc(C(C)=O)cc2)cc1)c1c(NC(=O)c2cccc(SN(CCC)C3CCC(C(=O)O)CC3)c2)sc2c1CCCC2. The van der Waals surface area contributed by atoms with E-state index in [0.717, 1.165) is 103 Å². The van der Waals surface area contributed by atoms with Crippen molar-refractivity contribution in [3.63, 3.8) is 0 Å². The number of Topliss-reactive ketones (excluding diaryl/α,β-unsaturated/α-hetero) is 1. The van der Waals surface area contributed by atoms with Crippen molar-refractivity contribution in [2.45, 2.75) is 102 Å².